The van der Waals surface area contributed by atoms with Crippen LogP contribution in [0, 0.1) is 0 Å². The van der Waals surface area contributed by atoms with Crippen LogP contribution in [-0.4, -0.2) is 42.8 Å². The van der Waals surface area contributed by atoms with E-state index in [-0.39, 0.29) is 12.1 Å². The number of esters is 1. The maximum atomic E-state index is 11.8. The molecule has 1 amide bonds. The molecule has 1 aliphatic heterocycles. The van der Waals surface area contributed by atoms with E-state index >= 15 is 0 Å². The standard InChI is InChI=1S/C17H21NO4/c1-17(2,3)22-16(20)18-10-13(11-18)9-12-5-7-14(8-6-12)15(19)21-4/h5-9H,10-11H2,1-4H3. The summed E-state index contributed by atoms with van der Waals surface area (Å²) in [6.45, 7) is 6.71. The van der Waals surface area contributed by atoms with Crippen LogP contribution >= 0.6 is 0 Å². The first kappa shape index (κ1) is 16.1. The SMILES string of the molecule is COC(=O)c1ccc(C=C2CN(C(=O)OC(C)(C)C)C2)cc1. The minimum absolute atomic E-state index is 0.286. The Balaban J connectivity index is 1.91. The number of hydrogen-bond acceptors (Lipinski definition) is 4. The highest BCUT2D eigenvalue weighted by Gasteiger charge is 2.29. The quantitative estimate of drug-likeness (QED) is 0.788. The van der Waals surface area contributed by atoms with E-state index in [9.17, 15) is 9.59 Å². The number of rotatable bonds is 2. The van der Waals surface area contributed by atoms with Crippen LogP contribution in [0.4, 0.5) is 4.79 Å². The minimum atomic E-state index is -0.472. The normalized spacial score (nSPS) is 14.2. The summed E-state index contributed by atoms with van der Waals surface area (Å²) < 4.78 is 9.96. The molecule has 0 aromatic heterocycles. The molecule has 1 saturated heterocycles. The van der Waals surface area contributed by atoms with Gasteiger partial charge >= 0.3 is 12.1 Å². The summed E-state index contributed by atoms with van der Waals surface area (Å²) in [6, 6.07) is 7.16. The van der Waals surface area contributed by atoms with Gasteiger partial charge in [0, 0.05) is 13.1 Å². The van der Waals surface area contributed by atoms with Crippen LogP contribution < -0.4 is 0 Å². The molecule has 0 saturated carbocycles. The molecule has 0 spiro atoms. The van der Waals surface area contributed by atoms with Gasteiger partial charge in [0.25, 0.3) is 0 Å². The fourth-order valence-electron chi connectivity index (χ4n) is 2.06. The topological polar surface area (TPSA) is 55.8 Å². The van der Waals surface area contributed by atoms with Gasteiger partial charge in [0.2, 0.25) is 0 Å². The van der Waals surface area contributed by atoms with Crippen LogP contribution in [-0.2, 0) is 9.47 Å². The number of nitrogens with zero attached hydrogens (tertiary/aromatic N) is 1. The molecule has 0 bridgehead atoms. The number of carbonyl (C=O) groups excluding carboxylic acids is 2. The van der Waals surface area contributed by atoms with Crippen LogP contribution in [0.3, 0.4) is 0 Å². The summed E-state index contributed by atoms with van der Waals surface area (Å²) in [5.41, 5.74) is 2.19. The lowest BCUT2D eigenvalue weighted by Gasteiger charge is -2.35. The molecule has 22 heavy (non-hydrogen) atoms. The second kappa shape index (κ2) is 6.22. The largest absolute Gasteiger partial charge is 0.465 e. The molecule has 0 aliphatic carbocycles. The van der Waals surface area contributed by atoms with E-state index < -0.39 is 5.60 Å². The second-order valence-corrected chi connectivity index (χ2v) is 6.25. The summed E-state index contributed by atoms with van der Waals surface area (Å²) in [5.74, 6) is -0.348. The lowest BCUT2D eigenvalue weighted by molar-refractivity contribution is 0.0216. The van der Waals surface area contributed by atoms with Crippen LogP contribution in [0.25, 0.3) is 6.08 Å². The fourth-order valence-corrected chi connectivity index (χ4v) is 2.06. The zero-order valence-electron chi connectivity index (χ0n) is 13.4. The third-order valence-corrected chi connectivity index (χ3v) is 3.14. The Morgan fingerprint density at radius 1 is 1.14 bits per heavy atom. The number of hydrogen-bond donors (Lipinski definition) is 0. The van der Waals surface area contributed by atoms with Gasteiger partial charge < -0.3 is 14.4 Å². The highest BCUT2D eigenvalue weighted by atomic mass is 16.6. The van der Waals surface area contributed by atoms with Gasteiger partial charge in [0.05, 0.1) is 12.7 Å². The molecule has 5 nitrogen and oxygen atoms in total. The van der Waals surface area contributed by atoms with Gasteiger partial charge in [-0.05, 0) is 44.0 Å². The lowest BCUT2D eigenvalue weighted by Crippen LogP contribution is -2.46. The van der Waals surface area contributed by atoms with E-state index in [0.717, 1.165) is 11.1 Å². The van der Waals surface area contributed by atoms with Crippen molar-refractivity contribution < 1.29 is 19.1 Å². The number of carbonyl (C=O) groups is 2. The molecular weight excluding hydrogens is 282 g/mol. The summed E-state index contributed by atoms with van der Waals surface area (Å²) in [7, 11) is 1.36. The molecule has 2 rings (SSSR count). The van der Waals surface area contributed by atoms with Gasteiger partial charge in [-0.3, -0.25) is 0 Å². The summed E-state index contributed by atoms with van der Waals surface area (Å²) in [5, 5.41) is 0. The molecule has 1 heterocycles. The van der Waals surface area contributed by atoms with Crippen molar-refractivity contribution in [2.75, 3.05) is 20.2 Å². The van der Waals surface area contributed by atoms with Gasteiger partial charge in [-0.1, -0.05) is 18.2 Å². The second-order valence-electron chi connectivity index (χ2n) is 6.25. The van der Waals surface area contributed by atoms with Gasteiger partial charge in [-0.25, -0.2) is 9.59 Å². The maximum absolute atomic E-state index is 11.8. The molecule has 0 radical (unpaired) electrons. The molecule has 5 heteroatoms. The minimum Gasteiger partial charge on any atom is -0.465 e. The third-order valence-electron chi connectivity index (χ3n) is 3.14. The van der Waals surface area contributed by atoms with Gasteiger partial charge in [-0.15, -0.1) is 0 Å². The van der Waals surface area contributed by atoms with Crippen molar-refractivity contribution in [1.82, 2.24) is 4.90 Å². The number of benzene rings is 1. The first-order chi connectivity index (χ1) is 10.3. The lowest BCUT2D eigenvalue weighted by atomic mass is 10.0. The smallest absolute Gasteiger partial charge is 0.410 e. The first-order valence-corrected chi connectivity index (χ1v) is 7.14. The van der Waals surface area contributed by atoms with Crippen molar-refractivity contribution in [1.29, 1.82) is 0 Å². The highest BCUT2D eigenvalue weighted by Crippen LogP contribution is 2.21. The van der Waals surface area contributed by atoms with Crippen LogP contribution in [0.1, 0.15) is 36.7 Å². The Bertz CT molecular complexity index is 588. The Morgan fingerprint density at radius 3 is 2.23 bits per heavy atom. The average molecular weight is 303 g/mol. The molecule has 1 aromatic carbocycles. The van der Waals surface area contributed by atoms with Crippen molar-refractivity contribution in [3.05, 3.63) is 41.0 Å². The molecule has 1 aromatic rings. The van der Waals surface area contributed by atoms with Crippen LogP contribution in [0.5, 0.6) is 0 Å². The fraction of sp³-hybridized carbons (Fsp3) is 0.412. The van der Waals surface area contributed by atoms with Crippen LogP contribution in [0.15, 0.2) is 29.8 Å². The Hall–Kier alpha value is -2.30. The Kier molecular flexibility index (Phi) is 4.54. The molecule has 118 valence electrons. The summed E-state index contributed by atoms with van der Waals surface area (Å²) in [6.07, 6.45) is 1.73. The number of methoxy groups -OCH3 is 1. The summed E-state index contributed by atoms with van der Waals surface area (Å²) >= 11 is 0. The Labute approximate surface area is 130 Å². The predicted octanol–water partition coefficient (Wildman–Crippen LogP) is 3.11. The van der Waals surface area contributed by atoms with E-state index in [4.69, 9.17) is 4.74 Å². The highest BCUT2D eigenvalue weighted by molar-refractivity contribution is 5.89. The van der Waals surface area contributed by atoms with Crippen molar-refractivity contribution in [2.24, 2.45) is 0 Å². The van der Waals surface area contributed by atoms with E-state index in [1.807, 2.05) is 39.0 Å². The Morgan fingerprint density at radius 2 is 1.73 bits per heavy atom. The predicted molar refractivity (Wildman–Crippen MR) is 83.6 cm³/mol. The monoisotopic (exact) mass is 303 g/mol. The maximum Gasteiger partial charge on any atom is 0.410 e. The zero-order valence-corrected chi connectivity index (χ0v) is 13.4. The van der Waals surface area contributed by atoms with Crippen molar-refractivity contribution in [2.45, 2.75) is 26.4 Å². The van der Waals surface area contributed by atoms with Gasteiger partial charge in [0.15, 0.2) is 0 Å². The molecule has 0 N–H and O–H groups in total. The molecule has 1 aliphatic rings. The molecule has 0 unspecified atom stereocenters. The van der Waals surface area contributed by atoms with Gasteiger partial charge in [0.1, 0.15) is 5.60 Å². The van der Waals surface area contributed by atoms with E-state index in [2.05, 4.69) is 4.74 Å². The number of likely N-dealkylation sites (tertiary alicyclic amines) is 1. The van der Waals surface area contributed by atoms with E-state index in [0.29, 0.717) is 18.7 Å². The third kappa shape index (κ3) is 4.10. The van der Waals surface area contributed by atoms with Crippen LogP contribution in [0.2, 0.25) is 0 Å². The van der Waals surface area contributed by atoms with Gasteiger partial charge in [-0.2, -0.15) is 0 Å². The first-order valence-electron chi connectivity index (χ1n) is 7.14. The van der Waals surface area contributed by atoms with Crippen molar-refractivity contribution in [3.8, 4) is 0 Å². The van der Waals surface area contributed by atoms with E-state index in [1.165, 1.54) is 7.11 Å². The van der Waals surface area contributed by atoms with Crippen molar-refractivity contribution in [3.63, 3.8) is 0 Å². The molecular formula is C17H21NO4. The zero-order chi connectivity index (χ0) is 16.3. The number of ether oxygens (including phenoxy) is 2. The summed E-state index contributed by atoms with van der Waals surface area (Å²) in [4.78, 5) is 24.8. The molecule has 1 fully saturated rings. The average Bonchev–Trinajstić information content (AvgIpc) is 2.40. The van der Waals surface area contributed by atoms with Crippen molar-refractivity contribution >= 4 is 18.1 Å². The number of amides is 1. The molecule has 0 atom stereocenters. The van der Waals surface area contributed by atoms with E-state index in [1.54, 1.807) is 17.0 Å².